The maximum Gasteiger partial charge on any atom is 0.235 e. The summed E-state index contributed by atoms with van der Waals surface area (Å²) >= 11 is 1.86. The highest BCUT2D eigenvalue weighted by Crippen LogP contribution is 2.41. The number of hydrogen-bond donors (Lipinski definition) is 0. The second kappa shape index (κ2) is 13.3. The Morgan fingerprint density at radius 2 is 0.803 bits per heavy atom. The molecule has 0 aliphatic rings. The summed E-state index contributed by atoms with van der Waals surface area (Å²) in [5.74, 6) is 0.666. The van der Waals surface area contributed by atoms with Crippen LogP contribution in [0.15, 0.2) is 206 Å². The third-order valence-corrected chi connectivity index (χ3v) is 13.5. The summed E-state index contributed by atoms with van der Waals surface area (Å²) in [4.78, 5) is 10.4. The van der Waals surface area contributed by atoms with E-state index in [1.807, 2.05) is 23.5 Å². The van der Waals surface area contributed by atoms with Crippen molar-refractivity contribution in [2.45, 2.75) is 0 Å². The van der Waals surface area contributed by atoms with Crippen LogP contribution in [-0.2, 0) is 0 Å². The topological polar surface area (TPSA) is 35.6 Å². The molecule has 0 spiro atoms. The molecule has 0 saturated heterocycles. The fourth-order valence-corrected chi connectivity index (χ4v) is 10.6. The van der Waals surface area contributed by atoms with Gasteiger partial charge >= 0.3 is 0 Å². The number of aromatic nitrogens is 4. The van der Waals surface area contributed by atoms with Gasteiger partial charge in [-0.05, 0) is 89.0 Å². The number of hydrogen-bond acceptors (Lipinski definition) is 3. The molecule has 284 valence electrons. The molecule has 0 bridgehead atoms. The fourth-order valence-electron chi connectivity index (χ4n) is 9.49. The molecule has 13 aromatic rings. The Hall–Kier alpha value is -7.86. The van der Waals surface area contributed by atoms with Gasteiger partial charge < -0.3 is 4.57 Å². The molecule has 0 N–H and O–H groups in total. The molecular weight excluding hydrogens is 761 g/mol. The van der Waals surface area contributed by atoms with Gasteiger partial charge in [-0.25, -0.2) is 9.97 Å². The minimum atomic E-state index is 0.666. The third kappa shape index (κ3) is 5.31. The van der Waals surface area contributed by atoms with Crippen LogP contribution in [0.2, 0.25) is 0 Å². The Morgan fingerprint density at radius 3 is 1.49 bits per heavy atom. The van der Waals surface area contributed by atoms with Crippen molar-refractivity contribution in [3.63, 3.8) is 0 Å². The maximum absolute atomic E-state index is 5.25. The molecule has 0 aliphatic carbocycles. The quantitative estimate of drug-likeness (QED) is 0.174. The minimum Gasteiger partial charge on any atom is -0.309 e. The lowest BCUT2D eigenvalue weighted by Crippen LogP contribution is -2.03. The maximum atomic E-state index is 5.25. The van der Waals surface area contributed by atoms with Gasteiger partial charge in [-0.2, -0.15) is 0 Å². The highest BCUT2D eigenvalue weighted by molar-refractivity contribution is 7.25. The summed E-state index contributed by atoms with van der Waals surface area (Å²) in [6, 6.07) is 74.4. The Morgan fingerprint density at radius 1 is 0.311 bits per heavy atom. The van der Waals surface area contributed by atoms with Crippen LogP contribution in [0.25, 0.3) is 120 Å². The van der Waals surface area contributed by atoms with Gasteiger partial charge in [0, 0.05) is 58.4 Å². The third-order valence-electron chi connectivity index (χ3n) is 12.4. The average Bonchev–Trinajstić information content (AvgIpc) is 3.98. The molecule has 4 nitrogen and oxygen atoms in total. The second-order valence-electron chi connectivity index (χ2n) is 15.8. The summed E-state index contributed by atoms with van der Waals surface area (Å²) in [6.45, 7) is 0. The standard InChI is InChI=1S/C56H34N4S/c1-2-12-37(13-3-1)55-44-17-4-8-18-48(44)57-56(58-55)60-51-21-11-7-16-43(51)45-32-38(26-29-52(45)60)35-22-24-36(25-23-35)39-27-30-53-46(33-39)47-34-40(28-31-54(47)61-53)59-49-19-9-5-14-41(49)42-15-6-10-20-50(42)59/h1-34H. The first-order valence-corrected chi connectivity index (χ1v) is 21.5. The van der Waals surface area contributed by atoms with E-state index >= 15 is 0 Å². The van der Waals surface area contributed by atoms with Crippen molar-refractivity contribution < 1.29 is 0 Å². The Bertz CT molecular complexity index is 3820. The predicted molar refractivity (Wildman–Crippen MR) is 257 cm³/mol. The normalized spacial score (nSPS) is 11.9. The first-order chi connectivity index (χ1) is 30.2. The summed E-state index contributed by atoms with van der Waals surface area (Å²) < 4.78 is 7.22. The van der Waals surface area contributed by atoms with Crippen LogP contribution in [-0.4, -0.2) is 19.1 Å². The molecule has 4 aromatic heterocycles. The lowest BCUT2D eigenvalue weighted by Gasteiger charge is -2.12. The van der Waals surface area contributed by atoms with Crippen molar-refractivity contribution >= 4 is 86.0 Å². The Kier molecular flexibility index (Phi) is 7.44. The monoisotopic (exact) mass is 794 g/mol. The second-order valence-corrected chi connectivity index (χ2v) is 16.9. The molecule has 0 saturated carbocycles. The van der Waals surface area contributed by atoms with E-state index in [2.05, 4.69) is 203 Å². The number of thiophene rings is 1. The molecular formula is C56H34N4S. The average molecular weight is 795 g/mol. The first-order valence-electron chi connectivity index (χ1n) is 20.6. The van der Waals surface area contributed by atoms with E-state index in [-0.39, 0.29) is 0 Å². The zero-order valence-corrected chi connectivity index (χ0v) is 33.6. The van der Waals surface area contributed by atoms with Crippen molar-refractivity contribution in [3.8, 4) is 45.1 Å². The molecule has 0 aliphatic heterocycles. The molecule has 13 rings (SSSR count). The van der Waals surface area contributed by atoms with Crippen LogP contribution in [0.3, 0.4) is 0 Å². The zero-order chi connectivity index (χ0) is 40.0. The SMILES string of the molecule is c1ccc(-c2nc(-n3c4ccccc4c4cc(-c5ccc(-c6ccc7sc8ccc(-n9c%10ccccc%10c%10ccccc%109)cc8c7c6)cc5)ccc43)nc3ccccc23)cc1. The Balaban J connectivity index is 0.883. The summed E-state index contributed by atoms with van der Waals surface area (Å²) in [5, 5.41) is 8.51. The molecule has 0 amide bonds. The van der Waals surface area contributed by atoms with Crippen LogP contribution < -0.4 is 0 Å². The number of para-hydroxylation sites is 4. The van der Waals surface area contributed by atoms with Crippen LogP contribution in [0.1, 0.15) is 0 Å². The largest absolute Gasteiger partial charge is 0.309 e. The molecule has 5 heteroatoms. The van der Waals surface area contributed by atoms with Crippen molar-refractivity contribution in [1.82, 2.24) is 19.1 Å². The summed E-state index contributed by atoms with van der Waals surface area (Å²) in [6.07, 6.45) is 0. The van der Waals surface area contributed by atoms with E-state index in [0.29, 0.717) is 5.95 Å². The summed E-state index contributed by atoms with van der Waals surface area (Å²) in [5.41, 5.74) is 13.5. The van der Waals surface area contributed by atoms with Crippen molar-refractivity contribution in [2.75, 3.05) is 0 Å². The van der Waals surface area contributed by atoms with Crippen LogP contribution in [0.5, 0.6) is 0 Å². The lowest BCUT2D eigenvalue weighted by molar-refractivity contribution is 1.01. The van der Waals surface area contributed by atoms with Crippen molar-refractivity contribution in [1.29, 1.82) is 0 Å². The molecule has 0 radical (unpaired) electrons. The number of nitrogens with zero attached hydrogens (tertiary/aromatic N) is 4. The van der Waals surface area contributed by atoms with Gasteiger partial charge in [-0.1, -0.05) is 140 Å². The van der Waals surface area contributed by atoms with Gasteiger partial charge in [-0.3, -0.25) is 4.57 Å². The number of fused-ring (bicyclic) bond motifs is 10. The van der Waals surface area contributed by atoms with E-state index in [9.17, 15) is 0 Å². The van der Waals surface area contributed by atoms with E-state index in [1.54, 1.807) is 0 Å². The van der Waals surface area contributed by atoms with E-state index < -0.39 is 0 Å². The smallest absolute Gasteiger partial charge is 0.235 e. The van der Waals surface area contributed by atoms with Gasteiger partial charge in [0.1, 0.15) is 0 Å². The minimum absolute atomic E-state index is 0.666. The van der Waals surface area contributed by atoms with E-state index in [4.69, 9.17) is 9.97 Å². The van der Waals surface area contributed by atoms with Crippen molar-refractivity contribution in [2.24, 2.45) is 0 Å². The number of rotatable bonds is 5. The van der Waals surface area contributed by atoms with Crippen LogP contribution in [0.4, 0.5) is 0 Å². The molecule has 0 fully saturated rings. The predicted octanol–water partition coefficient (Wildman–Crippen LogP) is 15.2. The fraction of sp³-hybridized carbons (Fsp3) is 0. The van der Waals surface area contributed by atoms with Crippen LogP contribution >= 0.6 is 11.3 Å². The van der Waals surface area contributed by atoms with Gasteiger partial charge in [0.2, 0.25) is 5.95 Å². The van der Waals surface area contributed by atoms with Gasteiger partial charge in [0.15, 0.2) is 0 Å². The summed E-state index contributed by atoms with van der Waals surface area (Å²) in [7, 11) is 0. The molecule has 4 heterocycles. The van der Waals surface area contributed by atoms with Crippen LogP contribution in [0, 0.1) is 0 Å². The van der Waals surface area contributed by atoms with Gasteiger partial charge in [0.05, 0.1) is 33.3 Å². The molecule has 0 atom stereocenters. The van der Waals surface area contributed by atoms with E-state index in [1.165, 1.54) is 80.7 Å². The van der Waals surface area contributed by atoms with E-state index in [0.717, 1.165) is 33.2 Å². The lowest BCUT2D eigenvalue weighted by atomic mass is 9.98. The highest BCUT2D eigenvalue weighted by Gasteiger charge is 2.19. The molecule has 0 unspecified atom stereocenters. The van der Waals surface area contributed by atoms with Gasteiger partial charge in [-0.15, -0.1) is 11.3 Å². The molecule has 61 heavy (non-hydrogen) atoms. The number of benzene rings is 9. The highest BCUT2D eigenvalue weighted by atomic mass is 32.1. The Labute approximate surface area is 354 Å². The first kappa shape index (κ1) is 34.0. The van der Waals surface area contributed by atoms with Crippen molar-refractivity contribution in [3.05, 3.63) is 206 Å². The van der Waals surface area contributed by atoms with Gasteiger partial charge in [0.25, 0.3) is 0 Å². The molecule has 9 aromatic carbocycles. The zero-order valence-electron chi connectivity index (χ0n) is 32.8.